The number of carbonyl (C=O) groups excluding carboxylic acids is 3. The zero-order chi connectivity index (χ0) is 24.7. The molecule has 1 saturated heterocycles. The van der Waals surface area contributed by atoms with Gasteiger partial charge in [0.05, 0.1) is 5.75 Å². The first-order valence-electron chi connectivity index (χ1n) is 10.2. The standard InChI is InChI=1S/C19H32Cl2N4O6S/c1-6-10-32(29,30)24-15(12(2)3)16(26)22-13(4)17(27)25-9-7-8-14(23-25)18(28)31-11-19(5,20)21/h6,12-15,23-24H,1,7-11H2,2-5H3,(H,22,26)/t13-,14-,15-/m0/s1. The number of alkyl halides is 2. The fourth-order valence-corrected chi connectivity index (χ4v) is 4.18. The Hall–Kier alpha value is -1.40. The zero-order valence-electron chi connectivity index (χ0n) is 18.7. The molecule has 2 amide bonds. The molecule has 184 valence electrons. The van der Waals surface area contributed by atoms with E-state index in [0.717, 1.165) is 0 Å². The SMILES string of the molecule is C=CCS(=O)(=O)N[C@H](C(=O)N[C@@H](C)C(=O)N1CCC[C@@H](C(=O)OCC(C)(Cl)Cl)N1)C(C)C. The van der Waals surface area contributed by atoms with Crippen molar-refractivity contribution in [2.24, 2.45) is 5.92 Å². The van der Waals surface area contributed by atoms with Crippen LogP contribution in [0.5, 0.6) is 0 Å². The summed E-state index contributed by atoms with van der Waals surface area (Å²) in [6.45, 7) is 9.84. The Morgan fingerprint density at radius 1 is 1.31 bits per heavy atom. The second-order valence-electron chi connectivity index (χ2n) is 8.13. The average molecular weight is 515 g/mol. The summed E-state index contributed by atoms with van der Waals surface area (Å²) in [5, 5.41) is 3.78. The summed E-state index contributed by atoms with van der Waals surface area (Å²) in [7, 11) is -3.74. The maximum absolute atomic E-state index is 12.8. The first-order valence-corrected chi connectivity index (χ1v) is 12.6. The lowest BCUT2D eigenvalue weighted by molar-refractivity contribution is -0.153. The van der Waals surface area contributed by atoms with E-state index in [1.54, 1.807) is 13.8 Å². The Morgan fingerprint density at radius 2 is 1.94 bits per heavy atom. The molecule has 0 aromatic rings. The lowest BCUT2D eigenvalue weighted by atomic mass is 10.0. The molecule has 0 aliphatic carbocycles. The molecule has 3 N–H and O–H groups in total. The molecular formula is C19H32Cl2N4O6S. The number of nitrogens with one attached hydrogen (secondary N) is 3. The van der Waals surface area contributed by atoms with Crippen molar-refractivity contribution in [3.8, 4) is 0 Å². The Kier molecular flexibility index (Phi) is 10.9. The van der Waals surface area contributed by atoms with Crippen molar-refractivity contribution >= 4 is 51.0 Å². The van der Waals surface area contributed by atoms with Crippen molar-refractivity contribution in [2.75, 3.05) is 18.9 Å². The van der Waals surface area contributed by atoms with Gasteiger partial charge in [-0.2, -0.15) is 0 Å². The Bertz CT molecular complexity index is 800. The minimum Gasteiger partial charge on any atom is -0.461 e. The largest absolute Gasteiger partial charge is 0.461 e. The maximum atomic E-state index is 12.8. The lowest BCUT2D eigenvalue weighted by Gasteiger charge is -2.34. The summed E-state index contributed by atoms with van der Waals surface area (Å²) in [6.07, 6.45) is 2.20. The first-order chi connectivity index (χ1) is 14.7. The second-order valence-corrected chi connectivity index (χ2v) is 11.8. The number of esters is 1. The predicted octanol–water partition coefficient (Wildman–Crippen LogP) is 0.854. The highest BCUT2D eigenvalue weighted by Gasteiger charge is 2.34. The van der Waals surface area contributed by atoms with E-state index in [0.29, 0.717) is 19.4 Å². The molecule has 0 saturated carbocycles. The van der Waals surface area contributed by atoms with E-state index in [1.165, 1.54) is 24.9 Å². The highest BCUT2D eigenvalue weighted by Crippen LogP contribution is 2.20. The van der Waals surface area contributed by atoms with Crippen LogP contribution in [0.1, 0.15) is 40.5 Å². The number of halogens is 2. The Morgan fingerprint density at radius 3 is 2.47 bits per heavy atom. The number of nitrogens with zero attached hydrogens (tertiary/aromatic N) is 1. The molecule has 10 nitrogen and oxygen atoms in total. The average Bonchev–Trinajstić information content (AvgIpc) is 2.68. The van der Waals surface area contributed by atoms with Gasteiger partial charge in [0.25, 0.3) is 5.91 Å². The number of ether oxygens (including phenoxy) is 1. The highest BCUT2D eigenvalue weighted by atomic mass is 35.5. The van der Waals surface area contributed by atoms with Gasteiger partial charge in [-0.15, -0.1) is 6.58 Å². The van der Waals surface area contributed by atoms with Crippen LogP contribution in [0.3, 0.4) is 0 Å². The van der Waals surface area contributed by atoms with Crippen LogP contribution in [-0.2, 0) is 29.1 Å². The van der Waals surface area contributed by atoms with Gasteiger partial charge in [0.1, 0.15) is 29.1 Å². The molecular weight excluding hydrogens is 483 g/mol. The molecule has 13 heteroatoms. The van der Waals surface area contributed by atoms with E-state index in [1.807, 2.05) is 0 Å². The summed E-state index contributed by atoms with van der Waals surface area (Å²) >= 11 is 11.6. The molecule has 0 unspecified atom stereocenters. The minimum absolute atomic E-state index is 0.202. The summed E-state index contributed by atoms with van der Waals surface area (Å²) < 4.78 is 30.2. The van der Waals surface area contributed by atoms with Crippen LogP contribution in [0.25, 0.3) is 0 Å². The third-order valence-corrected chi connectivity index (χ3v) is 6.03. The molecule has 0 bridgehead atoms. The maximum Gasteiger partial charge on any atom is 0.325 e. The number of hydrogen-bond acceptors (Lipinski definition) is 7. The predicted molar refractivity (Wildman–Crippen MR) is 122 cm³/mol. The molecule has 0 aromatic heterocycles. The van der Waals surface area contributed by atoms with E-state index in [9.17, 15) is 22.8 Å². The summed E-state index contributed by atoms with van der Waals surface area (Å²) in [5.74, 6) is -2.40. The van der Waals surface area contributed by atoms with Gasteiger partial charge in [-0.1, -0.05) is 43.1 Å². The van der Waals surface area contributed by atoms with Gasteiger partial charge >= 0.3 is 5.97 Å². The summed E-state index contributed by atoms with van der Waals surface area (Å²) in [6, 6.07) is -2.79. The van der Waals surface area contributed by atoms with Crippen molar-refractivity contribution in [3.05, 3.63) is 12.7 Å². The van der Waals surface area contributed by atoms with Crippen LogP contribution in [0.15, 0.2) is 12.7 Å². The van der Waals surface area contributed by atoms with Gasteiger partial charge in [-0.25, -0.2) is 18.6 Å². The first kappa shape index (κ1) is 28.6. The minimum atomic E-state index is -3.74. The smallest absolute Gasteiger partial charge is 0.325 e. The normalized spacial score (nSPS) is 19.2. The van der Waals surface area contributed by atoms with Gasteiger partial charge < -0.3 is 10.1 Å². The number of sulfonamides is 1. The van der Waals surface area contributed by atoms with E-state index >= 15 is 0 Å². The number of hydrazine groups is 1. The molecule has 1 aliphatic rings. The molecule has 3 atom stereocenters. The van der Waals surface area contributed by atoms with Crippen LogP contribution >= 0.6 is 23.2 Å². The van der Waals surface area contributed by atoms with Crippen LogP contribution in [-0.4, -0.2) is 72.6 Å². The number of carbonyl (C=O) groups is 3. The van der Waals surface area contributed by atoms with Crippen molar-refractivity contribution in [1.82, 2.24) is 20.5 Å². The van der Waals surface area contributed by atoms with Gasteiger partial charge in [-0.05, 0) is 32.6 Å². The molecule has 0 spiro atoms. The van der Waals surface area contributed by atoms with E-state index in [4.69, 9.17) is 27.9 Å². The Labute approximate surface area is 199 Å². The monoisotopic (exact) mass is 514 g/mol. The Balaban J connectivity index is 2.74. The van der Waals surface area contributed by atoms with Gasteiger partial charge in [0.2, 0.25) is 15.9 Å². The van der Waals surface area contributed by atoms with Crippen LogP contribution < -0.4 is 15.5 Å². The number of rotatable bonds is 11. The van der Waals surface area contributed by atoms with Gasteiger partial charge in [0, 0.05) is 6.54 Å². The third kappa shape index (κ3) is 9.62. The molecule has 1 rings (SSSR count). The van der Waals surface area contributed by atoms with Gasteiger partial charge in [-0.3, -0.25) is 19.4 Å². The van der Waals surface area contributed by atoms with Crippen molar-refractivity contribution in [1.29, 1.82) is 0 Å². The van der Waals surface area contributed by atoms with Crippen LogP contribution in [0.2, 0.25) is 0 Å². The summed E-state index contributed by atoms with van der Waals surface area (Å²) in [5.41, 5.74) is 2.80. The fourth-order valence-electron chi connectivity index (χ4n) is 2.90. The number of hydrogen-bond donors (Lipinski definition) is 3. The van der Waals surface area contributed by atoms with E-state index < -0.39 is 50.3 Å². The second kappa shape index (κ2) is 12.2. The summed E-state index contributed by atoms with van der Waals surface area (Å²) in [4.78, 5) is 37.7. The fraction of sp³-hybridized carbons (Fsp3) is 0.737. The van der Waals surface area contributed by atoms with Crippen LogP contribution in [0.4, 0.5) is 0 Å². The molecule has 1 fully saturated rings. The third-order valence-electron chi connectivity index (χ3n) is 4.53. The molecule has 0 aromatic carbocycles. The quantitative estimate of drug-likeness (QED) is 0.211. The molecule has 32 heavy (non-hydrogen) atoms. The molecule has 1 heterocycles. The molecule has 0 radical (unpaired) electrons. The molecule has 1 aliphatic heterocycles. The van der Waals surface area contributed by atoms with Crippen molar-refractivity contribution in [3.63, 3.8) is 0 Å². The lowest BCUT2D eigenvalue weighted by Crippen LogP contribution is -2.61. The topological polar surface area (TPSA) is 134 Å². The van der Waals surface area contributed by atoms with Crippen molar-refractivity contribution < 1.29 is 27.5 Å². The van der Waals surface area contributed by atoms with Crippen LogP contribution in [0, 0.1) is 5.92 Å². The highest BCUT2D eigenvalue weighted by molar-refractivity contribution is 7.89. The van der Waals surface area contributed by atoms with E-state index in [2.05, 4.69) is 22.0 Å². The number of amides is 2. The van der Waals surface area contributed by atoms with Crippen molar-refractivity contribution in [2.45, 2.75) is 63.0 Å². The zero-order valence-corrected chi connectivity index (χ0v) is 21.0. The van der Waals surface area contributed by atoms with Gasteiger partial charge in [0.15, 0.2) is 0 Å². The van der Waals surface area contributed by atoms with E-state index in [-0.39, 0.29) is 18.3 Å².